The molecule has 4 unspecified atom stereocenters. The third-order valence-corrected chi connectivity index (χ3v) is 6.84. The Balaban J connectivity index is 2.15. The van der Waals surface area contributed by atoms with Crippen molar-refractivity contribution in [1.82, 2.24) is 21.3 Å². The number of carbonyl (C=O) groups is 4. The van der Waals surface area contributed by atoms with E-state index in [1.807, 2.05) is 6.26 Å². The Morgan fingerprint density at radius 2 is 1.70 bits per heavy atom. The Labute approximate surface area is 221 Å². The van der Waals surface area contributed by atoms with Crippen molar-refractivity contribution < 1.29 is 29.4 Å². The van der Waals surface area contributed by atoms with E-state index in [2.05, 4.69) is 21.3 Å². The summed E-state index contributed by atoms with van der Waals surface area (Å²) < 4.78 is 0. The van der Waals surface area contributed by atoms with Crippen molar-refractivity contribution in [1.29, 1.82) is 0 Å². The summed E-state index contributed by atoms with van der Waals surface area (Å²) in [5, 5.41) is 30.3. The summed E-state index contributed by atoms with van der Waals surface area (Å²) in [7, 11) is 0. The number of hydrogen-bond donors (Lipinski definition) is 7. The molecule has 1 aromatic rings. The summed E-state index contributed by atoms with van der Waals surface area (Å²) >= 11 is 1.49. The Kier molecular flexibility index (Phi) is 13.2. The first kappa shape index (κ1) is 30.4. The van der Waals surface area contributed by atoms with E-state index in [0.29, 0.717) is 37.1 Å². The zero-order valence-electron chi connectivity index (χ0n) is 21.2. The molecule has 1 heterocycles. The van der Waals surface area contributed by atoms with Crippen LogP contribution >= 0.6 is 11.8 Å². The molecule has 37 heavy (non-hydrogen) atoms. The second-order valence-corrected chi connectivity index (χ2v) is 10.1. The molecule has 0 saturated carbocycles. The number of aromatic hydroxyl groups is 1. The summed E-state index contributed by atoms with van der Waals surface area (Å²) in [6.45, 7) is 1.15. The summed E-state index contributed by atoms with van der Waals surface area (Å²) in [6, 6.07) is 2.89. The molecule has 11 nitrogen and oxygen atoms in total. The van der Waals surface area contributed by atoms with E-state index in [1.165, 1.54) is 23.9 Å². The van der Waals surface area contributed by atoms with Crippen molar-refractivity contribution in [3.63, 3.8) is 0 Å². The van der Waals surface area contributed by atoms with Gasteiger partial charge in [-0.3, -0.25) is 14.4 Å². The average molecular weight is 538 g/mol. The first-order valence-electron chi connectivity index (χ1n) is 12.6. The highest BCUT2D eigenvalue weighted by Crippen LogP contribution is 2.13. The van der Waals surface area contributed by atoms with Crippen LogP contribution in [0.25, 0.3) is 0 Å². The molecule has 4 atom stereocenters. The van der Waals surface area contributed by atoms with Crippen LogP contribution in [-0.2, 0) is 25.6 Å². The van der Waals surface area contributed by atoms with Gasteiger partial charge in [0, 0.05) is 6.42 Å². The highest BCUT2D eigenvalue weighted by molar-refractivity contribution is 7.98. The normalized spacial score (nSPS) is 17.4. The largest absolute Gasteiger partial charge is 0.508 e. The Morgan fingerprint density at radius 3 is 2.30 bits per heavy atom. The molecule has 1 aliphatic heterocycles. The maximum absolute atomic E-state index is 13.4. The lowest BCUT2D eigenvalue weighted by atomic mass is 10.0. The standard InChI is InChI=1S/C25H39N5O6S/c1-37-14-11-19(23(33)29-20(25(35)36)5-2-3-12-26)28-24(34)21(15-16-7-9-17(31)10-8-16)30-22(32)18-6-4-13-27-18/h7-10,18-21,27,31H,2-6,11-15,26H2,1H3,(H,28,34)(H,29,33)(H,30,32)(H,35,36). The first-order valence-corrected chi connectivity index (χ1v) is 14.0. The molecule has 1 aliphatic rings. The Morgan fingerprint density at radius 1 is 1.03 bits per heavy atom. The third-order valence-electron chi connectivity index (χ3n) is 6.19. The lowest BCUT2D eigenvalue weighted by Gasteiger charge is -2.25. The molecule has 12 heteroatoms. The minimum absolute atomic E-state index is 0.0807. The third kappa shape index (κ3) is 10.6. The topological polar surface area (TPSA) is 183 Å². The number of carboxylic acids is 1. The number of unbranched alkanes of at least 4 members (excludes halogenated alkanes) is 1. The van der Waals surface area contributed by atoms with Gasteiger partial charge in [0.2, 0.25) is 17.7 Å². The number of nitrogens with one attached hydrogen (secondary N) is 4. The SMILES string of the molecule is CSCCC(NC(=O)C(Cc1ccc(O)cc1)NC(=O)C1CCCN1)C(=O)NC(CCCCN)C(=O)O. The zero-order valence-corrected chi connectivity index (χ0v) is 22.0. The molecule has 1 saturated heterocycles. The molecular formula is C25H39N5O6S. The van der Waals surface area contributed by atoms with Gasteiger partial charge in [-0.15, -0.1) is 0 Å². The minimum atomic E-state index is -1.15. The number of aliphatic carboxylic acids is 1. The number of phenolic OH excluding ortho intramolecular Hbond substituents is 1. The fraction of sp³-hybridized carbons (Fsp3) is 0.600. The van der Waals surface area contributed by atoms with Gasteiger partial charge in [-0.25, -0.2) is 4.79 Å². The average Bonchev–Trinajstić information content (AvgIpc) is 3.42. The molecule has 3 amide bonds. The highest BCUT2D eigenvalue weighted by Gasteiger charge is 2.31. The van der Waals surface area contributed by atoms with Crippen LogP contribution in [0.15, 0.2) is 24.3 Å². The van der Waals surface area contributed by atoms with E-state index in [1.54, 1.807) is 12.1 Å². The van der Waals surface area contributed by atoms with Crippen LogP contribution in [-0.4, -0.2) is 83.2 Å². The van der Waals surface area contributed by atoms with Crippen LogP contribution < -0.4 is 27.0 Å². The van der Waals surface area contributed by atoms with Crippen LogP contribution in [0.2, 0.25) is 0 Å². The number of nitrogens with two attached hydrogens (primary N) is 1. The van der Waals surface area contributed by atoms with E-state index in [4.69, 9.17) is 5.73 Å². The Bertz CT molecular complexity index is 894. The predicted molar refractivity (Wildman–Crippen MR) is 142 cm³/mol. The summed E-state index contributed by atoms with van der Waals surface area (Å²) in [4.78, 5) is 50.8. The van der Waals surface area contributed by atoms with Crippen molar-refractivity contribution in [3.05, 3.63) is 29.8 Å². The monoisotopic (exact) mass is 537 g/mol. The number of rotatable bonds is 16. The maximum atomic E-state index is 13.4. The molecule has 0 spiro atoms. The molecule has 0 bridgehead atoms. The molecule has 1 aromatic carbocycles. The maximum Gasteiger partial charge on any atom is 0.326 e. The number of amides is 3. The quantitative estimate of drug-likeness (QED) is 0.144. The predicted octanol–water partition coefficient (Wildman–Crippen LogP) is 0.108. The number of benzene rings is 1. The molecular weight excluding hydrogens is 498 g/mol. The van der Waals surface area contributed by atoms with E-state index in [9.17, 15) is 29.4 Å². The minimum Gasteiger partial charge on any atom is -0.508 e. The first-order chi connectivity index (χ1) is 17.7. The van der Waals surface area contributed by atoms with Gasteiger partial charge in [0.15, 0.2) is 0 Å². The molecule has 206 valence electrons. The van der Waals surface area contributed by atoms with Crippen molar-refractivity contribution in [2.24, 2.45) is 5.73 Å². The van der Waals surface area contributed by atoms with E-state index < -0.39 is 42.0 Å². The molecule has 0 radical (unpaired) electrons. The van der Waals surface area contributed by atoms with Crippen LogP contribution in [0.5, 0.6) is 5.75 Å². The van der Waals surface area contributed by atoms with Crippen LogP contribution in [0.3, 0.4) is 0 Å². The second-order valence-electron chi connectivity index (χ2n) is 9.11. The number of carbonyl (C=O) groups excluding carboxylic acids is 3. The van der Waals surface area contributed by atoms with Gasteiger partial charge in [0.1, 0.15) is 23.9 Å². The van der Waals surface area contributed by atoms with Crippen molar-refractivity contribution in [2.75, 3.05) is 25.1 Å². The molecule has 1 fully saturated rings. The highest BCUT2D eigenvalue weighted by atomic mass is 32.2. The lowest BCUT2D eigenvalue weighted by molar-refractivity contribution is -0.142. The van der Waals surface area contributed by atoms with Gasteiger partial charge in [0.25, 0.3) is 0 Å². The van der Waals surface area contributed by atoms with Gasteiger partial charge in [-0.05, 0) is 81.3 Å². The van der Waals surface area contributed by atoms with E-state index in [-0.39, 0.29) is 30.9 Å². The number of carboxylic acid groups (broad SMARTS) is 1. The molecule has 2 rings (SSSR count). The smallest absolute Gasteiger partial charge is 0.326 e. The number of phenols is 1. The summed E-state index contributed by atoms with van der Waals surface area (Å²) in [5.74, 6) is -1.94. The Hall–Kier alpha value is -2.83. The van der Waals surface area contributed by atoms with E-state index >= 15 is 0 Å². The van der Waals surface area contributed by atoms with Crippen molar-refractivity contribution in [3.8, 4) is 5.75 Å². The van der Waals surface area contributed by atoms with Crippen LogP contribution in [0, 0.1) is 0 Å². The van der Waals surface area contributed by atoms with Crippen molar-refractivity contribution in [2.45, 2.75) is 69.1 Å². The molecule has 0 aliphatic carbocycles. The van der Waals surface area contributed by atoms with Gasteiger partial charge < -0.3 is 37.2 Å². The number of hydrogen-bond acceptors (Lipinski definition) is 8. The van der Waals surface area contributed by atoms with Gasteiger partial charge in [0.05, 0.1) is 6.04 Å². The fourth-order valence-corrected chi connectivity index (χ4v) is 4.53. The molecule has 0 aromatic heterocycles. The van der Waals surface area contributed by atoms with Crippen LogP contribution in [0.1, 0.15) is 44.1 Å². The zero-order chi connectivity index (χ0) is 27.2. The van der Waals surface area contributed by atoms with Crippen molar-refractivity contribution >= 4 is 35.5 Å². The van der Waals surface area contributed by atoms with Gasteiger partial charge in [-0.2, -0.15) is 11.8 Å². The lowest BCUT2D eigenvalue weighted by Crippen LogP contribution is -2.57. The number of thioether (sulfide) groups is 1. The summed E-state index contributed by atoms with van der Waals surface area (Å²) in [5.41, 5.74) is 6.20. The van der Waals surface area contributed by atoms with Crippen LogP contribution in [0.4, 0.5) is 0 Å². The van der Waals surface area contributed by atoms with Gasteiger partial charge in [-0.1, -0.05) is 12.1 Å². The van der Waals surface area contributed by atoms with Gasteiger partial charge >= 0.3 is 5.97 Å². The molecule has 8 N–H and O–H groups in total. The fourth-order valence-electron chi connectivity index (χ4n) is 4.06. The summed E-state index contributed by atoms with van der Waals surface area (Å²) in [6.07, 6.45) is 5.25. The second kappa shape index (κ2) is 16.1. The van der Waals surface area contributed by atoms with E-state index in [0.717, 1.165) is 13.0 Å².